The predicted molar refractivity (Wildman–Crippen MR) is 96.3 cm³/mol. The van der Waals surface area contributed by atoms with E-state index in [-0.39, 0.29) is 48.2 Å². The Bertz CT molecular complexity index is 504. The van der Waals surface area contributed by atoms with Crippen molar-refractivity contribution in [3.8, 4) is 0 Å². The molecule has 2 heterocycles. The highest BCUT2D eigenvalue weighted by molar-refractivity contribution is 5.85. The minimum atomic E-state index is -0.418. The monoisotopic (exact) mass is 382 g/mol. The fraction of sp³-hybridized carbons (Fsp3) is 0.647. The van der Waals surface area contributed by atoms with Gasteiger partial charge in [-0.1, -0.05) is 6.07 Å². The van der Waals surface area contributed by atoms with Crippen LogP contribution in [-0.2, 0) is 4.74 Å². The Hall–Kier alpha value is -0.460. The van der Waals surface area contributed by atoms with E-state index in [1.54, 1.807) is 6.92 Å². The molecule has 3 rings (SSSR count). The van der Waals surface area contributed by atoms with Crippen LogP contribution in [0, 0.1) is 24.5 Å². The lowest BCUT2D eigenvalue weighted by Crippen LogP contribution is -2.48. The second kappa shape index (κ2) is 9.88. The molecule has 2 fully saturated rings. The molecule has 1 N–H and O–H groups in total. The van der Waals surface area contributed by atoms with Gasteiger partial charge in [0.05, 0.1) is 0 Å². The summed E-state index contributed by atoms with van der Waals surface area (Å²) in [5, 5.41) is 3.31. The molecule has 1 aromatic carbocycles. The molecule has 3 nitrogen and oxygen atoms in total. The van der Waals surface area contributed by atoms with E-state index in [4.69, 9.17) is 4.74 Å². The molecule has 0 radical (unpaired) electrons. The van der Waals surface area contributed by atoms with Crippen LogP contribution in [0.5, 0.6) is 0 Å². The van der Waals surface area contributed by atoms with E-state index < -0.39 is 5.82 Å². The van der Waals surface area contributed by atoms with Crippen molar-refractivity contribution >= 4 is 24.8 Å². The lowest BCUT2D eigenvalue weighted by Gasteiger charge is -2.41. The molecule has 0 bridgehead atoms. The van der Waals surface area contributed by atoms with Gasteiger partial charge < -0.3 is 10.1 Å². The van der Waals surface area contributed by atoms with Crippen molar-refractivity contribution in [3.05, 3.63) is 34.9 Å². The molecule has 0 spiro atoms. The normalized spacial score (nSPS) is 20.8. The summed E-state index contributed by atoms with van der Waals surface area (Å²) in [4.78, 5) is 2.24. The summed E-state index contributed by atoms with van der Waals surface area (Å²) in [6.45, 7) is 6.47. The minimum absolute atomic E-state index is 0. The molecule has 7 heteroatoms. The Kier molecular flexibility index (Phi) is 8.88. The zero-order valence-corrected chi connectivity index (χ0v) is 15.5. The minimum Gasteiger partial charge on any atom is -0.381 e. The van der Waals surface area contributed by atoms with Gasteiger partial charge in [0.15, 0.2) is 0 Å². The number of nitrogens with zero attached hydrogens (tertiary/aromatic N) is 1. The first-order valence-electron chi connectivity index (χ1n) is 8.15. The average molecular weight is 383 g/mol. The van der Waals surface area contributed by atoms with Gasteiger partial charge in [-0.3, -0.25) is 4.90 Å². The number of rotatable bonds is 3. The number of aryl methyl sites for hydroxylation is 1. The predicted octanol–water partition coefficient (Wildman–Crippen LogP) is 3.49. The fourth-order valence-corrected chi connectivity index (χ4v) is 3.66. The van der Waals surface area contributed by atoms with Gasteiger partial charge in [-0.15, -0.1) is 24.8 Å². The van der Waals surface area contributed by atoms with Gasteiger partial charge in [0.1, 0.15) is 11.6 Å². The van der Waals surface area contributed by atoms with Crippen LogP contribution in [0.4, 0.5) is 8.78 Å². The van der Waals surface area contributed by atoms with Gasteiger partial charge >= 0.3 is 0 Å². The third kappa shape index (κ3) is 4.58. The Morgan fingerprint density at radius 3 is 2.38 bits per heavy atom. The molecule has 2 aliphatic rings. The molecule has 0 amide bonds. The largest absolute Gasteiger partial charge is 0.381 e. The van der Waals surface area contributed by atoms with E-state index in [0.717, 1.165) is 39.0 Å². The summed E-state index contributed by atoms with van der Waals surface area (Å²) in [7, 11) is 0. The highest BCUT2D eigenvalue weighted by Crippen LogP contribution is 2.38. The maximum Gasteiger partial charge on any atom is 0.133 e. The first-order valence-corrected chi connectivity index (χ1v) is 8.15. The SMILES string of the molecule is Cc1ccc(F)c([C@H](C2CCOCC2)N2CCNCC2)c1F.Cl.Cl. The van der Waals surface area contributed by atoms with Crippen LogP contribution in [0.3, 0.4) is 0 Å². The average Bonchev–Trinajstić information content (AvgIpc) is 2.57. The lowest BCUT2D eigenvalue weighted by molar-refractivity contribution is 0.0191. The summed E-state index contributed by atoms with van der Waals surface area (Å²) < 4.78 is 34.6. The van der Waals surface area contributed by atoms with E-state index >= 15 is 0 Å². The molecular weight excluding hydrogens is 357 g/mol. The number of nitrogens with one attached hydrogen (secondary N) is 1. The summed E-state index contributed by atoms with van der Waals surface area (Å²) in [5.41, 5.74) is 0.775. The molecule has 138 valence electrons. The van der Waals surface area contributed by atoms with Crippen molar-refractivity contribution in [2.45, 2.75) is 25.8 Å². The van der Waals surface area contributed by atoms with E-state index in [1.807, 2.05) is 0 Å². The highest BCUT2D eigenvalue weighted by atomic mass is 35.5. The maximum atomic E-state index is 14.7. The molecular formula is C17H26Cl2F2N2O. The molecule has 2 saturated heterocycles. The van der Waals surface area contributed by atoms with Crippen LogP contribution < -0.4 is 5.32 Å². The third-order valence-corrected chi connectivity index (χ3v) is 4.87. The van der Waals surface area contributed by atoms with Gasteiger partial charge in [0, 0.05) is 51.0 Å². The summed E-state index contributed by atoms with van der Waals surface area (Å²) >= 11 is 0. The van der Waals surface area contributed by atoms with E-state index in [2.05, 4.69) is 10.2 Å². The summed E-state index contributed by atoms with van der Waals surface area (Å²) in [6.07, 6.45) is 1.73. The quantitative estimate of drug-likeness (QED) is 0.865. The Morgan fingerprint density at radius 2 is 1.75 bits per heavy atom. The number of ether oxygens (including phenoxy) is 1. The zero-order chi connectivity index (χ0) is 15.5. The fourth-order valence-electron chi connectivity index (χ4n) is 3.66. The number of hydrogen-bond donors (Lipinski definition) is 1. The first-order chi connectivity index (χ1) is 10.7. The Balaban J connectivity index is 0.00000144. The van der Waals surface area contributed by atoms with E-state index in [9.17, 15) is 8.78 Å². The van der Waals surface area contributed by atoms with Crippen molar-refractivity contribution in [3.63, 3.8) is 0 Å². The number of benzene rings is 1. The molecule has 0 aromatic heterocycles. The molecule has 1 aromatic rings. The molecule has 2 aliphatic heterocycles. The number of hydrogen-bond acceptors (Lipinski definition) is 3. The van der Waals surface area contributed by atoms with Crippen molar-refractivity contribution in [2.24, 2.45) is 5.92 Å². The molecule has 1 atom stereocenters. The van der Waals surface area contributed by atoms with Crippen molar-refractivity contribution in [1.29, 1.82) is 0 Å². The van der Waals surface area contributed by atoms with Crippen molar-refractivity contribution in [2.75, 3.05) is 39.4 Å². The van der Waals surface area contributed by atoms with Crippen LogP contribution in [0.2, 0.25) is 0 Å². The second-order valence-electron chi connectivity index (χ2n) is 6.27. The molecule has 0 saturated carbocycles. The van der Waals surface area contributed by atoms with Crippen LogP contribution in [0.1, 0.15) is 30.0 Å². The standard InChI is InChI=1S/C17H24F2N2O.2ClH/c1-12-2-3-14(18)15(16(12)19)17(13-4-10-22-11-5-13)21-8-6-20-7-9-21;;/h2-3,13,17,20H,4-11H2,1H3;2*1H/t17-;;/m0../s1. The van der Waals surface area contributed by atoms with Gasteiger partial charge in [-0.2, -0.15) is 0 Å². The maximum absolute atomic E-state index is 14.7. The Labute approximate surface area is 154 Å². The topological polar surface area (TPSA) is 24.5 Å². The van der Waals surface area contributed by atoms with Gasteiger partial charge in [-0.25, -0.2) is 8.78 Å². The zero-order valence-electron chi connectivity index (χ0n) is 13.9. The van der Waals surface area contributed by atoms with Gasteiger partial charge in [0.2, 0.25) is 0 Å². The van der Waals surface area contributed by atoms with Gasteiger partial charge in [-0.05, 0) is 37.3 Å². The molecule has 0 unspecified atom stereocenters. The van der Waals surface area contributed by atoms with Crippen LogP contribution in [-0.4, -0.2) is 44.3 Å². The van der Waals surface area contributed by atoms with Crippen LogP contribution >= 0.6 is 24.8 Å². The molecule has 0 aliphatic carbocycles. The Morgan fingerprint density at radius 1 is 1.12 bits per heavy atom. The smallest absolute Gasteiger partial charge is 0.133 e. The lowest BCUT2D eigenvalue weighted by atomic mass is 9.84. The first kappa shape index (κ1) is 21.6. The van der Waals surface area contributed by atoms with Crippen LogP contribution in [0.15, 0.2) is 12.1 Å². The van der Waals surface area contributed by atoms with Crippen molar-refractivity contribution < 1.29 is 13.5 Å². The van der Waals surface area contributed by atoms with E-state index in [0.29, 0.717) is 18.8 Å². The second-order valence-corrected chi connectivity index (χ2v) is 6.27. The van der Waals surface area contributed by atoms with Gasteiger partial charge in [0.25, 0.3) is 0 Å². The van der Waals surface area contributed by atoms with E-state index in [1.165, 1.54) is 12.1 Å². The summed E-state index contributed by atoms with van der Waals surface area (Å²) in [6, 6.07) is 2.74. The number of piperazine rings is 1. The highest BCUT2D eigenvalue weighted by Gasteiger charge is 2.35. The van der Waals surface area contributed by atoms with Crippen molar-refractivity contribution in [1.82, 2.24) is 10.2 Å². The van der Waals surface area contributed by atoms with Crippen LogP contribution in [0.25, 0.3) is 0 Å². The third-order valence-electron chi connectivity index (χ3n) is 4.87. The number of halogens is 4. The molecule has 24 heavy (non-hydrogen) atoms. The summed E-state index contributed by atoms with van der Waals surface area (Å²) in [5.74, 6) is -0.550.